The zero-order valence-electron chi connectivity index (χ0n) is 19.3. The molecule has 1 aliphatic rings. The Morgan fingerprint density at radius 1 is 1.06 bits per heavy atom. The number of halogens is 3. The first kappa shape index (κ1) is 23.0. The number of aromatic nitrogens is 6. The summed E-state index contributed by atoms with van der Waals surface area (Å²) in [5.74, 6) is 1.09. The molecule has 4 aromatic heterocycles. The van der Waals surface area contributed by atoms with E-state index in [1.54, 1.807) is 4.90 Å². The van der Waals surface area contributed by atoms with Crippen LogP contribution in [0.25, 0.3) is 11.5 Å². The third kappa shape index (κ3) is 4.26. The average molecular weight is 483 g/mol. The van der Waals surface area contributed by atoms with Gasteiger partial charge in [-0.2, -0.15) is 18.3 Å². The van der Waals surface area contributed by atoms with E-state index in [1.165, 1.54) is 16.9 Å². The summed E-state index contributed by atoms with van der Waals surface area (Å²) >= 11 is 0. The minimum atomic E-state index is -4.47. The molecule has 0 spiro atoms. The van der Waals surface area contributed by atoms with Crippen molar-refractivity contribution >= 4 is 11.6 Å². The molecular weight excluding hydrogens is 459 g/mol. The number of fused-ring (bicyclic) bond motifs is 1. The summed E-state index contributed by atoms with van der Waals surface area (Å²) in [5.41, 5.74) is 1.02. The summed E-state index contributed by atoms with van der Waals surface area (Å²) in [4.78, 5) is 19.2. The number of hydrogen-bond donors (Lipinski definition) is 0. The van der Waals surface area contributed by atoms with Gasteiger partial charge in [-0.3, -0.25) is 9.20 Å². The third-order valence-electron chi connectivity index (χ3n) is 6.36. The summed E-state index contributed by atoms with van der Waals surface area (Å²) in [6, 6.07) is 8.00. The molecule has 1 saturated heterocycles. The zero-order chi connectivity index (χ0) is 24.7. The van der Waals surface area contributed by atoms with Crippen molar-refractivity contribution in [2.24, 2.45) is 0 Å². The first-order valence-corrected chi connectivity index (χ1v) is 11.4. The molecule has 0 N–H and O–H groups in total. The van der Waals surface area contributed by atoms with Gasteiger partial charge in [0.1, 0.15) is 5.82 Å². The van der Waals surface area contributed by atoms with Gasteiger partial charge in [-0.1, -0.05) is 19.9 Å². The smallest absolute Gasteiger partial charge is 0.338 e. The molecule has 4 aromatic rings. The monoisotopic (exact) mass is 483 g/mol. The third-order valence-corrected chi connectivity index (χ3v) is 6.36. The maximum atomic E-state index is 13.4. The van der Waals surface area contributed by atoms with Crippen LogP contribution in [-0.4, -0.2) is 53.3 Å². The summed E-state index contributed by atoms with van der Waals surface area (Å²) in [7, 11) is 0. The Balaban J connectivity index is 1.35. The first-order valence-electron chi connectivity index (χ1n) is 11.4. The molecule has 0 aromatic carbocycles. The Labute approximate surface area is 199 Å². The lowest BCUT2D eigenvalue weighted by molar-refractivity contribution is -0.137. The van der Waals surface area contributed by atoms with Crippen molar-refractivity contribution in [3.63, 3.8) is 0 Å². The minimum Gasteiger partial charge on any atom is -0.338 e. The topological polar surface area (TPSA) is 81.2 Å². The highest BCUT2D eigenvalue weighted by atomic mass is 19.4. The second-order valence-electron chi connectivity index (χ2n) is 8.97. The van der Waals surface area contributed by atoms with Crippen LogP contribution in [0.5, 0.6) is 0 Å². The molecule has 8 nitrogen and oxygen atoms in total. The average Bonchev–Trinajstić information content (AvgIpc) is 3.48. The van der Waals surface area contributed by atoms with E-state index in [2.05, 4.69) is 20.3 Å². The standard InChI is InChI=1S/C24H24F3N7O/c1-15(2)21-18(14-29-34(21)19-7-6-17(13-28-19)24(25,26)27)23(35)32-11-8-16(9-12-32)22-31-30-20-5-3-4-10-33(20)22/h3-7,10,13-16H,8-9,11-12H2,1-2H3. The molecular formula is C24H24F3N7O. The van der Waals surface area contributed by atoms with Crippen LogP contribution in [0.2, 0.25) is 0 Å². The molecule has 11 heteroatoms. The molecule has 0 aliphatic carbocycles. The Morgan fingerprint density at radius 2 is 1.83 bits per heavy atom. The van der Waals surface area contributed by atoms with Gasteiger partial charge < -0.3 is 4.90 Å². The molecule has 1 aliphatic heterocycles. The van der Waals surface area contributed by atoms with E-state index in [0.717, 1.165) is 36.6 Å². The number of hydrogen-bond acceptors (Lipinski definition) is 5. The lowest BCUT2D eigenvalue weighted by atomic mass is 9.95. The van der Waals surface area contributed by atoms with Gasteiger partial charge in [0.2, 0.25) is 0 Å². The van der Waals surface area contributed by atoms with E-state index in [4.69, 9.17) is 0 Å². The van der Waals surface area contributed by atoms with E-state index in [1.807, 2.05) is 42.6 Å². The fourth-order valence-electron chi connectivity index (χ4n) is 4.59. The Hall–Kier alpha value is -3.76. The maximum absolute atomic E-state index is 13.4. The zero-order valence-corrected chi connectivity index (χ0v) is 19.3. The van der Waals surface area contributed by atoms with Gasteiger partial charge in [-0.05, 0) is 43.0 Å². The SMILES string of the molecule is CC(C)c1c(C(=O)N2CCC(c3nnc4ccccn34)CC2)cnn1-c1ccc(C(F)(F)F)cn1. The molecule has 0 atom stereocenters. The van der Waals surface area contributed by atoms with Gasteiger partial charge in [0.25, 0.3) is 5.91 Å². The lowest BCUT2D eigenvalue weighted by Crippen LogP contribution is -2.38. The number of amides is 1. The molecule has 5 heterocycles. The molecule has 1 amide bonds. The normalized spacial score (nSPS) is 15.3. The number of pyridine rings is 2. The fourth-order valence-corrected chi connectivity index (χ4v) is 4.59. The van der Waals surface area contributed by atoms with Crippen molar-refractivity contribution < 1.29 is 18.0 Å². The Morgan fingerprint density at radius 3 is 2.49 bits per heavy atom. The second-order valence-corrected chi connectivity index (χ2v) is 8.97. The van der Waals surface area contributed by atoms with E-state index in [0.29, 0.717) is 24.3 Å². The van der Waals surface area contributed by atoms with Crippen molar-refractivity contribution in [2.45, 2.75) is 44.7 Å². The summed E-state index contributed by atoms with van der Waals surface area (Å²) in [5, 5.41) is 12.9. The van der Waals surface area contributed by atoms with Crippen LogP contribution in [0.15, 0.2) is 48.9 Å². The van der Waals surface area contributed by atoms with Crippen molar-refractivity contribution in [3.8, 4) is 5.82 Å². The number of carbonyl (C=O) groups is 1. The van der Waals surface area contributed by atoms with Crippen LogP contribution in [0.1, 0.15) is 66.0 Å². The Kier molecular flexibility index (Phi) is 5.78. The van der Waals surface area contributed by atoms with Crippen LogP contribution in [0.3, 0.4) is 0 Å². The minimum absolute atomic E-state index is 0.0968. The van der Waals surface area contributed by atoms with E-state index >= 15 is 0 Å². The molecule has 1 fully saturated rings. The highest BCUT2D eigenvalue weighted by Gasteiger charge is 2.32. The van der Waals surface area contributed by atoms with Gasteiger partial charge in [0, 0.05) is 31.4 Å². The fraction of sp³-hybridized carbons (Fsp3) is 0.375. The molecule has 35 heavy (non-hydrogen) atoms. The largest absolute Gasteiger partial charge is 0.417 e. The van der Waals surface area contributed by atoms with Crippen molar-refractivity contribution in [3.05, 3.63) is 71.6 Å². The van der Waals surface area contributed by atoms with Crippen LogP contribution < -0.4 is 0 Å². The molecule has 182 valence electrons. The van der Waals surface area contributed by atoms with Gasteiger partial charge in [-0.15, -0.1) is 10.2 Å². The van der Waals surface area contributed by atoms with E-state index < -0.39 is 11.7 Å². The van der Waals surface area contributed by atoms with Gasteiger partial charge in [-0.25, -0.2) is 9.67 Å². The number of carbonyl (C=O) groups excluding carboxylic acids is 1. The number of rotatable bonds is 4. The van der Waals surface area contributed by atoms with Gasteiger partial charge in [0.15, 0.2) is 11.5 Å². The van der Waals surface area contributed by atoms with Crippen LogP contribution >= 0.6 is 0 Å². The van der Waals surface area contributed by atoms with Crippen LogP contribution in [0, 0.1) is 0 Å². The highest BCUT2D eigenvalue weighted by molar-refractivity contribution is 5.95. The predicted molar refractivity (Wildman–Crippen MR) is 121 cm³/mol. The van der Waals surface area contributed by atoms with Crippen molar-refractivity contribution in [2.75, 3.05) is 13.1 Å². The second kappa shape index (κ2) is 8.79. The Bertz CT molecular complexity index is 1350. The first-order chi connectivity index (χ1) is 16.7. The number of piperidine rings is 1. The van der Waals surface area contributed by atoms with E-state index in [-0.39, 0.29) is 23.6 Å². The number of alkyl halides is 3. The quantitative estimate of drug-likeness (QED) is 0.428. The summed E-state index contributed by atoms with van der Waals surface area (Å²) in [6.07, 6.45) is 1.25. The highest BCUT2D eigenvalue weighted by Crippen LogP contribution is 2.31. The van der Waals surface area contributed by atoms with Crippen LogP contribution in [0.4, 0.5) is 13.2 Å². The lowest BCUT2D eigenvalue weighted by Gasteiger charge is -2.31. The molecule has 0 radical (unpaired) electrons. The summed E-state index contributed by atoms with van der Waals surface area (Å²) in [6.45, 7) is 4.95. The number of likely N-dealkylation sites (tertiary alicyclic amines) is 1. The molecule has 5 rings (SSSR count). The maximum Gasteiger partial charge on any atom is 0.417 e. The van der Waals surface area contributed by atoms with E-state index in [9.17, 15) is 18.0 Å². The van der Waals surface area contributed by atoms with Crippen molar-refractivity contribution in [1.82, 2.24) is 34.3 Å². The molecule has 0 saturated carbocycles. The predicted octanol–water partition coefficient (Wildman–Crippen LogP) is 4.47. The number of nitrogens with zero attached hydrogens (tertiary/aromatic N) is 7. The van der Waals surface area contributed by atoms with Gasteiger partial charge in [0.05, 0.1) is 23.0 Å². The van der Waals surface area contributed by atoms with Gasteiger partial charge >= 0.3 is 6.18 Å². The summed E-state index contributed by atoms with van der Waals surface area (Å²) < 4.78 is 42.2. The van der Waals surface area contributed by atoms with Crippen LogP contribution in [-0.2, 0) is 6.18 Å². The molecule has 0 bridgehead atoms. The molecule has 0 unspecified atom stereocenters. The van der Waals surface area contributed by atoms with Crippen molar-refractivity contribution in [1.29, 1.82) is 0 Å².